The first-order chi connectivity index (χ1) is 21.9. The second-order valence-corrected chi connectivity index (χ2v) is 13.7. The fourth-order valence-corrected chi connectivity index (χ4v) is 6.29. The number of sulfonamides is 1. The van der Waals surface area contributed by atoms with Crippen LogP contribution in [-0.2, 0) is 26.2 Å². The van der Waals surface area contributed by atoms with Gasteiger partial charge in [-0.1, -0.05) is 72.1 Å². The Bertz CT molecular complexity index is 1750. The molecule has 46 heavy (non-hydrogen) atoms. The standard InChI is InChI=1S/C35H37Cl2N3O5S/c1-5-25(3)38-35(42)26(4)39(22-27-13-20-32(36)33(37)21-27)34(41)23-40(46(43,44)31-18-11-24(2)12-19-31)28-14-16-30(17-15-28)45-29-9-7-6-8-10-29/h6-21,25-26H,5,22-23H2,1-4H3,(H,38,42)/t25-,26-/m0/s1. The maximum absolute atomic E-state index is 14.2. The van der Waals surface area contributed by atoms with E-state index < -0.39 is 28.5 Å². The molecule has 0 radical (unpaired) electrons. The lowest BCUT2D eigenvalue weighted by Gasteiger charge is -2.32. The smallest absolute Gasteiger partial charge is 0.264 e. The Morgan fingerprint density at radius 2 is 1.48 bits per heavy atom. The molecule has 0 aliphatic carbocycles. The van der Waals surface area contributed by atoms with Gasteiger partial charge in [0.25, 0.3) is 10.0 Å². The van der Waals surface area contributed by atoms with Crippen molar-refractivity contribution in [2.24, 2.45) is 0 Å². The van der Waals surface area contributed by atoms with Gasteiger partial charge in [0.15, 0.2) is 0 Å². The van der Waals surface area contributed by atoms with Crippen molar-refractivity contribution in [1.29, 1.82) is 0 Å². The molecule has 242 valence electrons. The summed E-state index contributed by atoms with van der Waals surface area (Å²) in [5.41, 5.74) is 1.76. The molecule has 0 saturated heterocycles. The SMILES string of the molecule is CC[C@H](C)NC(=O)[C@H](C)N(Cc1ccc(Cl)c(Cl)c1)C(=O)CN(c1ccc(Oc2ccccc2)cc1)S(=O)(=O)c1ccc(C)cc1. The van der Waals surface area contributed by atoms with E-state index in [1.807, 2.05) is 51.1 Å². The second kappa shape index (κ2) is 15.5. The van der Waals surface area contributed by atoms with E-state index in [2.05, 4.69) is 5.32 Å². The Kier molecular flexibility index (Phi) is 11.7. The average molecular weight is 683 g/mol. The van der Waals surface area contributed by atoms with E-state index in [1.165, 1.54) is 17.0 Å². The molecule has 2 atom stereocenters. The van der Waals surface area contributed by atoms with Crippen molar-refractivity contribution >= 4 is 50.7 Å². The van der Waals surface area contributed by atoms with Crippen LogP contribution < -0.4 is 14.4 Å². The molecule has 0 heterocycles. The molecule has 0 bridgehead atoms. The lowest BCUT2D eigenvalue weighted by Crippen LogP contribution is -2.52. The second-order valence-electron chi connectivity index (χ2n) is 11.0. The molecule has 11 heteroatoms. The van der Waals surface area contributed by atoms with Crippen LogP contribution in [0.5, 0.6) is 11.5 Å². The topological polar surface area (TPSA) is 96.0 Å². The van der Waals surface area contributed by atoms with E-state index >= 15 is 0 Å². The number of nitrogens with zero attached hydrogens (tertiary/aromatic N) is 2. The van der Waals surface area contributed by atoms with Crippen molar-refractivity contribution in [3.63, 3.8) is 0 Å². The number of amides is 2. The molecule has 0 aliphatic heterocycles. The molecule has 0 aromatic heterocycles. The highest BCUT2D eigenvalue weighted by Gasteiger charge is 2.33. The van der Waals surface area contributed by atoms with E-state index in [9.17, 15) is 18.0 Å². The zero-order valence-electron chi connectivity index (χ0n) is 26.1. The lowest BCUT2D eigenvalue weighted by atomic mass is 10.1. The highest BCUT2D eigenvalue weighted by molar-refractivity contribution is 7.92. The first-order valence-electron chi connectivity index (χ1n) is 14.8. The number of anilines is 1. The quantitative estimate of drug-likeness (QED) is 0.157. The fraction of sp³-hybridized carbons (Fsp3) is 0.257. The number of benzene rings is 4. The normalized spacial score (nSPS) is 12.6. The van der Waals surface area contributed by atoms with E-state index in [0.717, 1.165) is 9.87 Å². The van der Waals surface area contributed by atoms with Gasteiger partial charge in [-0.2, -0.15) is 0 Å². The number of nitrogens with one attached hydrogen (secondary N) is 1. The molecule has 0 saturated carbocycles. The van der Waals surface area contributed by atoms with Gasteiger partial charge in [-0.3, -0.25) is 13.9 Å². The van der Waals surface area contributed by atoms with Crippen molar-refractivity contribution in [2.45, 2.75) is 57.6 Å². The Morgan fingerprint density at radius 1 is 0.848 bits per heavy atom. The Labute approximate surface area is 280 Å². The van der Waals surface area contributed by atoms with Crippen LogP contribution in [0.2, 0.25) is 10.0 Å². The summed E-state index contributed by atoms with van der Waals surface area (Å²) in [7, 11) is -4.22. The maximum Gasteiger partial charge on any atom is 0.264 e. The van der Waals surface area contributed by atoms with Gasteiger partial charge in [0.05, 0.1) is 20.6 Å². The molecule has 4 aromatic rings. The van der Waals surface area contributed by atoms with Crippen LogP contribution >= 0.6 is 23.2 Å². The van der Waals surface area contributed by atoms with Crippen LogP contribution in [0.4, 0.5) is 5.69 Å². The van der Waals surface area contributed by atoms with Gasteiger partial charge in [-0.05, 0) is 93.4 Å². The van der Waals surface area contributed by atoms with Crippen LogP contribution in [0.1, 0.15) is 38.3 Å². The fourth-order valence-electron chi connectivity index (χ4n) is 4.55. The molecule has 2 amide bonds. The number of carbonyl (C=O) groups is 2. The van der Waals surface area contributed by atoms with E-state index in [1.54, 1.807) is 61.5 Å². The molecule has 4 aromatic carbocycles. The van der Waals surface area contributed by atoms with Gasteiger partial charge in [0.1, 0.15) is 24.1 Å². The number of aryl methyl sites for hydroxylation is 1. The summed E-state index contributed by atoms with van der Waals surface area (Å²) >= 11 is 12.4. The molecule has 0 spiro atoms. The largest absolute Gasteiger partial charge is 0.457 e. The van der Waals surface area contributed by atoms with Gasteiger partial charge in [0.2, 0.25) is 11.8 Å². The zero-order valence-corrected chi connectivity index (χ0v) is 28.4. The summed E-state index contributed by atoms with van der Waals surface area (Å²) in [5, 5.41) is 3.56. The maximum atomic E-state index is 14.2. The summed E-state index contributed by atoms with van der Waals surface area (Å²) in [5.74, 6) is 0.166. The third kappa shape index (κ3) is 8.81. The number of rotatable bonds is 13. The van der Waals surface area contributed by atoms with Crippen LogP contribution in [0, 0.1) is 6.92 Å². The number of carbonyl (C=O) groups excluding carboxylic acids is 2. The number of hydrogen-bond acceptors (Lipinski definition) is 5. The average Bonchev–Trinajstić information content (AvgIpc) is 3.04. The summed E-state index contributed by atoms with van der Waals surface area (Å²) in [6, 6.07) is 25.9. The summed E-state index contributed by atoms with van der Waals surface area (Å²) in [4.78, 5) is 28.8. The van der Waals surface area contributed by atoms with E-state index in [4.69, 9.17) is 27.9 Å². The first-order valence-corrected chi connectivity index (χ1v) is 17.0. The number of hydrogen-bond donors (Lipinski definition) is 1. The summed E-state index contributed by atoms with van der Waals surface area (Å²) in [6.07, 6.45) is 0.700. The van der Waals surface area contributed by atoms with Crippen molar-refractivity contribution < 1.29 is 22.7 Å². The molecule has 0 unspecified atom stereocenters. The van der Waals surface area contributed by atoms with Crippen molar-refractivity contribution in [1.82, 2.24) is 10.2 Å². The van der Waals surface area contributed by atoms with Gasteiger partial charge in [0, 0.05) is 12.6 Å². The van der Waals surface area contributed by atoms with E-state index in [0.29, 0.717) is 33.5 Å². The highest BCUT2D eigenvalue weighted by Crippen LogP contribution is 2.29. The number of para-hydroxylation sites is 1. The molecule has 4 rings (SSSR count). The van der Waals surface area contributed by atoms with E-state index in [-0.39, 0.29) is 29.1 Å². The Morgan fingerprint density at radius 3 is 2.09 bits per heavy atom. The third-order valence-electron chi connectivity index (χ3n) is 7.50. The molecular weight excluding hydrogens is 645 g/mol. The monoisotopic (exact) mass is 681 g/mol. The number of halogens is 2. The molecule has 8 nitrogen and oxygen atoms in total. The van der Waals surface area contributed by atoms with Crippen molar-refractivity contribution in [2.75, 3.05) is 10.8 Å². The van der Waals surface area contributed by atoms with Crippen LogP contribution in [-0.4, -0.2) is 43.8 Å². The highest BCUT2D eigenvalue weighted by atomic mass is 35.5. The predicted octanol–water partition coefficient (Wildman–Crippen LogP) is 7.62. The summed E-state index contributed by atoms with van der Waals surface area (Å²) in [6.45, 7) is 6.71. The zero-order chi connectivity index (χ0) is 33.4. The lowest BCUT2D eigenvalue weighted by molar-refractivity contribution is -0.139. The Hall–Kier alpha value is -4.05. The molecule has 0 aliphatic rings. The third-order valence-corrected chi connectivity index (χ3v) is 10.0. The Balaban J connectivity index is 1.71. The van der Waals surface area contributed by atoms with Crippen LogP contribution in [0.15, 0.2) is 102 Å². The van der Waals surface area contributed by atoms with Gasteiger partial charge in [-0.25, -0.2) is 8.42 Å². The molecule has 1 N–H and O–H groups in total. The van der Waals surface area contributed by atoms with Gasteiger partial charge < -0.3 is 15.0 Å². The van der Waals surface area contributed by atoms with Crippen molar-refractivity contribution in [3.8, 4) is 11.5 Å². The minimum absolute atomic E-state index is 0.00686. The number of ether oxygens (including phenoxy) is 1. The van der Waals surface area contributed by atoms with Gasteiger partial charge >= 0.3 is 0 Å². The van der Waals surface area contributed by atoms with Crippen molar-refractivity contribution in [3.05, 3.63) is 118 Å². The molecule has 0 fully saturated rings. The van der Waals surface area contributed by atoms with Crippen LogP contribution in [0.25, 0.3) is 0 Å². The minimum Gasteiger partial charge on any atom is -0.457 e. The minimum atomic E-state index is -4.22. The molecular formula is C35H37Cl2N3O5S. The predicted molar refractivity (Wildman–Crippen MR) is 183 cm³/mol. The van der Waals surface area contributed by atoms with Gasteiger partial charge in [-0.15, -0.1) is 0 Å². The van der Waals surface area contributed by atoms with Crippen LogP contribution in [0.3, 0.4) is 0 Å². The summed E-state index contributed by atoms with van der Waals surface area (Å²) < 4.78 is 35.2. The first kappa shape index (κ1) is 34.8.